The zero-order valence-electron chi connectivity index (χ0n) is 13.3. The van der Waals surface area contributed by atoms with E-state index in [0.717, 1.165) is 12.8 Å². The van der Waals surface area contributed by atoms with Crippen molar-refractivity contribution < 1.29 is 23.0 Å². The van der Waals surface area contributed by atoms with E-state index >= 15 is 0 Å². The Labute approximate surface area is 137 Å². The molecule has 7 heteroatoms. The molecular formula is C16H23NO5S. The quantitative estimate of drug-likeness (QED) is 0.899. The third-order valence-corrected chi connectivity index (χ3v) is 6.81. The van der Waals surface area contributed by atoms with Crippen LogP contribution >= 0.6 is 0 Å². The molecule has 2 saturated heterocycles. The van der Waals surface area contributed by atoms with Crippen LogP contribution in [0.1, 0.15) is 25.7 Å². The van der Waals surface area contributed by atoms with Crippen molar-refractivity contribution in [1.29, 1.82) is 0 Å². The number of aliphatic hydroxyl groups excluding tert-OH is 1. The van der Waals surface area contributed by atoms with E-state index in [4.69, 9.17) is 9.47 Å². The molecule has 23 heavy (non-hydrogen) atoms. The maximum absolute atomic E-state index is 12.9. The van der Waals surface area contributed by atoms with Crippen molar-refractivity contribution in [3.8, 4) is 5.75 Å². The average molecular weight is 341 g/mol. The van der Waals surface area contributed by atoms with Crippen LogP contribution in [0.2, 0.25) is 0 Å². The Morgan fingerprint density at radius 2 is 2.00 bits per heavy atom. The van der Waals surface area contributed by atoms with Gasteiger partial charge in [0.15, 0.2) is 0 Å². The minimum absolute atomic E-state index is 0.184. The molecule has 6 nitrogen and oxygen atoms in total. The van der Waals surface area contributed by atoms with Crippen molar-refractivity contribution in [2.24, 2.45) is 0 Å². The highest BCUT2D eigenvalue weighted by Crippen LogP contribution is 2.37. The molecule has 0 radical (unpaired) electrons. The van der Waals surface area contributed by atoms with Gasteiger partial charge < -0.3 is 14.6 Å². The molecule has 2 aliphatic heterocycles. The van der Waals surface area contributed by atoms with Crippen LogP contribution in [0.4, 0.5) is 0 Å². The number of aliphatic hydroxyl groups is 1. The average Bonchev–Trinajstić information content (AvgIpc) is 2.58. The van der Waals surface area contributed by atoms with Crippen molar-refractivity contribution in [2.45, 2.75) is 42.3 Å². The summed E-state index contributed by atoms with van der Waals surface area (Å²) in [5, 5.41) is 10.3. The van der Waals surface area contributed by atoms with E-state index in [1.54, 1.807) is 24.3 Å². The van der Waals surface area contributed by atoms with E-state index in [0.29, 0.717) is 38.3 Å². The second-order valence-electron chi connectivity index (χ2n) is 6.13. The number of piperidine rings is 1. The van der Waals surface area contributed by atoms with E-state index in [1.807, 2.05) is 0 Å². The highest BCUT2D eigenvalue weighted by molar-refractivity contribution is 7.89. The molecule has 2 heterocycles. The Kier molecular flexibility index (Phi) is 4.64. The molecule has 3 rings (SSSR count). The summed E-state index contributed by atoms with van der Waals surface area (Å²) in [6.45, 7) is 1.32. The Balaban J connectivity index is 1.79. The third kappa shape index (κ3) is 2.98. The first-order valence-electron chi connectivity index (χ1n) is 7.95. The van der Waals surface area contributed by atoms with Crippen molar-refractivity contribution in [2.75, 3.05) is 26.8 Å². The van der Waals surface area contributed by atoms with Gasteiger partial charge in [-0.2, -0.15) is 4.31 Å². The normalized spacial score (nSPS) is 25.4. The van der Waals surface area contributed by atoms with E-state index in [2.05, 4.69) is 0 Å². The highest BCUT2D eigenvalue weighted by atomic mass is 32.2. The first-order chi connectivity index (χ1) is 11.0. The highest BCUT2D eigenvalue weighted by Gasteiger charge is 2.45. The molecular weight excluding hydrogens is 318 g/mol. The number of rotatable bonds is 3. The van der Waals surface area contributed by atoms with Gasteiger partial charge in [0, 0.05) is 19.7 Å². The minimum Gasteiger partial charge on any atom is -0.495 e. The van der Waals surface area contributed by atoms with Crippen LogP contribution in [0.15, 0.2) is 29.2 Å². The van der Waals surface area contributed by atoms with E-state index in [1.165, 1.54) is 11.4 Å². The standard InChI is InChI=1S/C16H23NO5S/c1-21-13-5-2-3-6-14(13)23(19,20)17-10-8-16(9-11-17)15(18)7-4-12-22-16/h2-3,5-6,15,18H,4,7-12H2,1H3/t15-/m0/s1. The van der Waals surface area contributed by atoms with Crippen LogP contribution in [-0.4, -0.2) is 56.3 Å². The van der Waals surface area contributed by atoms with Crippen LogP contribution in [-0.2, 0) is 14.8 Å². The first-order valence-corrected chi connectivity index (χ1v) is 9.39. The lowest BCUT2D eigenvalue weighted by Crippen LogP contribution is -2.56. The minimum atomic E-state index is -3.61. The molecule has 2 aliphatic rings. The van der Waals surface area contributed by atoms with Gasteiger partial charge in [-0.25, -0.2) is 8.42 Å². The monoisotopic (exact) mass is 341 g/mol. The summed E-state index contributed by atoms with van der Waals surface area (Å²) >= 11 is 0. The van der Waals surface area contributed by atoms with Crippen LogP contribution in [0.25, 0.3) is 0 Å². The van der Waals surface area contributed by atoms with E-state index in [-0.39, 0.29) is 4.90 Å². The summed E-state index contributed by atoms with van der Waals surface area (Å²) in [5.41, 5.74) is -0.578. The Bertz CT molecular complexity index is 652. The number of nitrogens with zero attached hydrogens (tertiary/aromatic N) is 1. The fourth-order valence-corrected chi connectivity index (χ4v) is 5.06. The molecule has 1 atom stereocenters. The maximum atomic E-state index is 12.9. The lowest BCUT2D eigenvalue weighted by atomic mass is 9.82. The van der Waals surface area contributed by atoms with Crippen molar-refractivity contribution in [1.82, 2.24) is 4.31 Å². The lowest BCUT2D eigenvalue weighted by Gasteiger charge is -2.46. The smallest absolute Gasteiger partial charge is 0.246 e. The fourth-order valence-electron chi connectivity index (χ4n) is 3.46. The molecule has 0 bridgehead atoms. The molecule has 0 aromatic heterocycles. The van der Waals surface area contributed by atoms with Gasteiger partial charge in [-0.3, -0.25) is 0 Å². The summed E-state index contributed by atoms with van der Waals surface area (Å²) in [5.74, 6) is 0.349. The summed E-state index contributed by atoms with van der Waals surface area (Å²) in [4.78, 5) is 0.184. The molecule has 0 amide bonds. The summed E-state index contributed by atoms with van der Waals surface area (Å²) in [7, 11) is -2.14. The number of para-hydroxylation sites is 1. The molecule has 1 aromatic carbocycles. The van der Waals surface area contributed by atoms with Gasteiger partial charge >= 0.3 is 0 Å². The molecule has 2 fully saturated rings. The molecule has 1 N–H and O–H groups in total. The zero-order chi connectivity index (χ0) is 16.5. The zero-order valence-corrected chi connectivity index (χ0v) is 14.1. The molecule has 128 valence electrons. The van der Waals surface area contributed by atoms with E-state index in [9.17, 15) is 13.5 Å². The lowest BCUT2D eigenvalue weighted by molar-refractivity contribution is -0.172. The molecule has 0 saturated carbocycles. The van der Waals surface area contributed by atoms with Crippen LogP contribution in [0.5, 0.6) is 5.75 Å². The van der Waals surface area contributed by atoms with Gasteiger partial charge in [0.25, 0.3) is 0 Å². The van der Waals surface area contributed by atoms with Gasteiger partial charge in [-0.05, 0) is 37.8 Å². The molecule has 1 aromatic rings. The van der Waals surface area contributed by atoms with Gasteiger partial charge in [0.05, 0.1) is 18.8 Å². The van der Waals surface area contributed by atoms with Gasteiger partial charge in [0.1, 0.15) is 10.6 Å². The van der Waals surface area contributed by atoms with Crippen molar-refractivity contribution in [3.63, 3.8) is 0 Å². The van der Waals surface area contributed by atoms with Gasteiger partial charge in [-0.15, -0.1) is 0 Å². The summed E-state index contributed by atoms with van der Waals surface area (Å²) in [6, 6.07) is 6.64. The first kappa shape index (κ1) is 16.7. The second kappa shape index (κ2) is 6.39. The molecule has 0 aliphatic carbocycles. The van der Waals surface area contributed by atoms with Crippen molar-refractivity contribution in [3.05, 3.63) is 24.3 Å². The van der Waals surface area contributed by atoms with Crippen LogP contribution in [0.3, 0.4) is 0 Å². The second-order valence-corrected chi connectivity index (χ2v) is 8.03. The maximum Gasteiger partial charge on any atom is 0.246 e. The predicted octanol–water partition coefficient (Wildman–Crippen LogP) is 1.39. The van der Waals surface area contributed by atoms with Crippen molar-refractivity contribution >= 4 is 10.0 Å². The van der Waals surface area contributed by atoms with E-state index < -0.39 is 21.7 Å². The number of hydrogen-bond acceptors (Lipinski definition) is 5. The number of benzene rings is 1. The van der Waals surface area contributed by atoms with Gasteiger partial charge in [0.2, 0.25) is 10.0 Å². The Hall–Kier alpha value is -1.15. The van der Waals surface area contributed by atoms with Crippen LogP contribution in [0, 0.1) is 0 Å². The number of hydrogen-bond donors (Lipinski definition) is 1. The number of ether oxygens (including phenoxy) is 2. The molecule has 0 unspecified atom stereocenters. The predicted molar refractivity (Wildman–Crippen MR) is 84.9 cm³/mol. The Morgan fingerprint density at radius 3 is 2.65 bits per heavy atom. The fraction of sp³-hybridized carbons (Fsp3) is 0.625. The van der Waals surface area contributed by atoms with Gasteiger partial charge in [-0.1, -0.05) is 12.1 Å². The number of methoxy groups -OCH3 is 1. The largest absolute Gasteiger partial charge is 0.495 e. The van der Waals surface area contributed by atoms with Crippen LogP contribution < -0.4 is 4.74 Å². The summed E-state index contributed by atoms with van der Waals surface area (Å²) in [6.07, 6.45) is 2.10. The third-order valence-electron chi connectivity index (χ3n) is 4.87. The molecule has 1 spiro atoms. The SMILES string of the molecule is COc1ccccc1S(=O)(=O)N1CCC2(CC1)OCCC[C@@H]2O. The summed E-state index contributed by atoms with van der Waals surface area (Å²) < 4.78 is 38.2. The topological polar surface area (TPSA) is 76.1 Å². The number of sulfonamides is 1. The Morgan fingerprint density at radius 1 is 1.30 bits per heavy atom.